The maximum Gasteiger partial charge on any atom is 0.239 e. The Morgan fingerprint density at radius 3 is 2.57 bits per heavy atom. The molecule has 3 rings (SSSR count). The van der Waals surface area contributed by atoms with Gasteiger partial charge in [-0.1, -0.05) is 48.0 Å². The van der Waals surface area contributed by atoms with Crippen molar-refractivity contribution in [2.45, 2.75) is 40.5 Å². The van der Waals surface area contributed by atoms with Crippen LogP contribution in [0.4, 0.5) is 5.69 Å². The number of anilines is 1. The molecule has 1 aliphatic rings. The highest BCUT2D eigenvalue weighted by Crippen LogP contribution is 2.26. The molecule has 0 saturated carbocycles. The number of nitrogens with zero attached hydrogens (tertiary/aromatic N) is 2. The molecule has 0 unspecified atom stereocenters. The maximum atomic E-state index is 6.00. The Balaban J connectivity index is 1.48. The number of aryl methyl sites for hydroxylation is 3. The van der Waals surface area contributed by atoms with Crippen LogP contribution in [-0.4, -0.2) is 37.2 Å². The molecular weight excluding hydrogens is 344 g/mol. The van der Waals surface area contributed by atoms with Crippen molar-refractivity contribution in [2.75, 3.05) is 31.1 Å². The number of para-hydroxylation sites is 1. The highest BCUT2D eigenvalue weighted by Gasteiger charge is 2.24. The van der Waals surface area contributed by atoms with Crippen LogP contribution in [0.15, 0.2) is 42.5 Å². The van der Waals surface area contributed by atoms with Crippen molar-refractivity contribution in [3.63, 3.8) is 0 Å². The largest absolute Gasteiger partial charge is 0.493 e. The molecule has 2 aromatic carbocycles. The number of ether oxygens (including phenoxy) is 1. The highest BCUT2D eigenvalue weighted by atomic mass is 16.5. The van der Waals surface area contributed by atoms with Gasteiger partial charge in [-0.3, -0.25) is 4.58 Å². The van der Waals surface area contributed by atoms with Gasteiger partial charge in [-0.15, -0.1) is 0 Å². The van der Waals surface area contributed by atoms with Crippen LogP contribution in [0.5, 0.6) is 5.75 Å². The molecule has 3 nitrogen and oxygen atoms in total. The van der Waals surface area contributed by atoms with Crippen molar-refractivity contribution in [2.24, 2.45) is 0 Å². The Labute approximate surface area is 170 Å². The molecule has 1 aliphatic heterocycles. The lowest BCUT2D eigenvalue weighted by atomic mass is 10.0. The molecule has 28 heavy (non-hydrogen) atoms. The molecule has 148 valence electrons. The summed E-state index contributed by atoms with van der Waals surface area (Å²) in [5, 5.41) is 0. The summed E-state index contributed by atoms with van der Waals surface area (Å²) in [6.07, 6.45) is 8.65. The highest BCUT2D eigenvalue weighted by molar-refractivity contribution is 5.80. The number of unbranched alkanes of at least 4 members (excludes halogenated alkanes) is 1. The lowest BCUT2D eigenvalue weighted by Crippen LogP contribution is -2.20. The second kappa shape index (κ2) is 9.59. The van der Waals surface area contributed by atoms with Gasteiger partial charge in [0.15, 0.2) is 0 Å². The molecular formula is C25H33N2O+. The summed E-state index contributed by atoms with van der Waals surface area (Å²) >= 11 is 0. The Hall–Kier alpha value is -2.55. The van der Waals surface area contributed by atoms with E-state index in [0.29, 0.717) is 0 Å². The summed E-state index contributed by atoms with van der Waals surface area (Å²) in [5.41, 5.74) is 6.59. The third-order valence-electron chi connectivity index (χ3n) is 5.22. The fourth-order valence-electron chi connectivity index (χ4n) is 4.04. The van der Waals surface area contributed by atoms with Crippen LogP contribution >= 0.6 is 0 Å². The monoisotopic (exact) mass is 377 g/mol. The summed E-state index contributed by atoms with van der Waals surface area (Å²) in [5.74, 6) is 0.977. The summed E-state index contributed by atoms with van der Waals surface area (Å²) in [4.78, 5) is 2.41. The molecule has 0 fully saturated rings. The molecule has 0 atom stereocenters. The maximum absolute atomic E-state index is 6.00. The van der Waals surface area contributed by atoms with Crippen molar-refractivity contribution in [3.05, 3.63) is 64.7 Å². The van der Waals surface area contributed by atoms with E-state index in [1.165, 1.54) is 22.4 Å². The first kappa shape index (κ1) is 20.2. The zero-order chi connectivity index (χ0) is 19.9. The number of hydrogen-bond donors (Lipinski definition) is 0. The molecule has 0 aromatic heterocycles. The number of allylic oxidation sites excluding steroid dienone is 1. The van der Waals surface area contributed by atoms with Gasteiger partial charge in [0.05, 0.1) is 13.2 Å². The van der Waals surface area contributed by atoms with E-state index in [1.807, 2.05) is 19.1 Å². The first-order valence-corrected chi connectivity index (χ1v) is 10.4. The molecule has 0 radical (unpaired) electrons. The van der Waals surface area contributed by atoms with E-state index in [0.717, 1.165) is 50.4 Å². The first-order chi connectivity index (χ1) is 13.6. The van der Waals surface area contributed by atoms with E-state index in [2.05, 4.69) is 73.0 Å². The molecule has 2 aromatic rings. The van der Waals surface area contributed by atoms with Gasteiger partial charge < -0.3 is 4.74 Å². The van der Waals surface area contributed by atoms with Crippen LogP contribution in [0, 0.1) is 20.8 Å². The zero-order valence-electron chi connectivity index (χ0n) is 17.7. The Kier molecular flexibility index (Phi) is 6.91. The Morgan fingerprint density at radius 1 is 1.07 bits per heavy atom. The van der Waals surface area contributed by atoms with Gasteiger partial charge >= 0.3 is 0 Å². The quantitative estimate of drug-likeness (QED) is 0.454. The topological polar surface area (TPSA) is 15.5 Å². The van der Waals surface area contributed by atoms with Crippen molar-refractivity contribution in [1.82, 2.24) is 0 Å². The predicted octanol–water partition coefficient (Wildman–Crippen LogP) is 5.36. The van der Waals surface area contributed by atoms with E-state index in [1.54, 1.807) is 0 Å². The predicted molar refractivity (Wildman–Crippen MR) is 120 cm³/mol. The minimum absolute atomic E-state index is 0.766. The number of rotatable bonds is 8. The molecule has 0 bridgehead atoms. The Bertz CT molecular complexity index is 844. The van der Waals surface area contributed by atoms with Crippen LogP contribution < -0.4 is 9.64 Å². The number of hydrogen-bond acceptors (Lipinski definition) is 2. The van der Waals surface area contributed by atoms with Crippen LogP contribution in [0.3, 0.4) is 0 Å². The van der Waals surface area contributed by atoms with E-state index in [9.17, 15) is 0 Å². The van der Waals surface area contributed by atoms with Gasteiger partial charge in [-0.05, 0) is 57.7 Å². The van der Waals surface area contributed by atoms with Crippen LogP contribution in [-0.2, 0) is 0 Å². The fraction of sp³-hybridized carbons (Fsp3) is 0.400. The average molecular weight is 378 g/mol. The lowest BCUT2D eigenvalue weighted by Gasteiger charge is -2.13. The molecule has 0 amide bonds. The van der Waals surface area contributed by atoms with Crippen LogP contribution in [0.2, 0.25) is 0 Å². The third-order valence-corrected chi connectivity index (χ3v) is 5.22. The fourth-order valence-corrected chi connectivity index (χ4v) is 4.04. The van der Waals surface area contributed by atoms with E-state index in [4.69, 9.17) is 4.74 Å². The van der Waals surface area contributed by atoms with Gasteiger partial charge in [0, 0.05) is 5.56 Å². The molecule has 0 aliphatic carbocycles. The van der Waals surface area contributed by atoms with Gasteiger partial charge in [-0.2, -0.15) is 0 Å². The third kappa shape index (κ3) is 5.03. The summed E-state index contributed by atoms with van der Waals surface area (Å²) in [7, 11) is 0. The van der Waals surface area contributed by atoms with E-state index < -0.39 is 0 Å². The first-order valence-electron chi connectivity index (χ1n) is 10.4. The molecule has 1 heterocycles. The van der Waals surface area contributed by atoms with Gasteiger partial charge in [-0.25, -0.2) is 4.90 Å². The van der Waals surface area contributed by atoms with Gasteiger partial charge in [0.1, 0.15) is 24.5 Å². The standard InChI is InChI=1S/C25H33N2O/c1-5-10-23-11-6-7-12-24(23)28-16-9-8-13-26-14-15-27(19-26)25-21(3)17-20(2)18-22(25)4/h5-7,10-12,17-19H,8-9,13-16H2,1-4H3/q+1/b10-5-. The average Bonchev–Trinajstić information content (AvgIpc) is 3.10. The van der Waals surface area contributed by atoms with Crippen molar-refractivity contribution < 1.29 is 9.31 Å². The minimum atomic E-state index is 0.766. The second-order valence-electron chi connectivity index (χ2n) is 7.69. The molecule has 3 heteroatoms. The summed E-state index contributed by atoms with van der Waals surface area (Å²) < 4.78 is 8.43. The second-order valence-corrected chi connectivity index (χ2v) is 7.69. The zero-order valence-corrected chi connectivity index (χ0v) is 17.7. The minimum Gasteiger partial charge on any atom is -0.493 e. The van der Waals surface area contributed by atoms with Crippen molar-refractivity contribution >= 4 is 18.1 Å². The Morgan fingerprint density at radius 2 is 1.82 bits per heavy atom. The van der Waals surface area contributed by atoms with Crippen LogP contribution in [0.1, 0.15) is 42.0 Å². The summed E-state index contributed by atoms with van der Waals surface area (Å²) in [6.45, 7) is 12.6. The molecule has 0 N–H and O–H groups in total. The normalized spacial score (nSPS) is 14.0. The van der Waals surface area contributed by atoms with Crippen molar-refractivity contribution in [3.8, 4) is 5.75 Å². The van der Waals surface area contributed by atoms with E-state index in [-0.39, 0.29) is 0 Å². The molecule has 0 spiro atoms. The smallest absolute Gasteiger partial charge is 0.239 e. The molecule has 0 saturated heterocycles. The van der Waals surface area contributed by atoms with Gasteiger partial charge in [0.2, 0.25) is 6.34 Å². The SMILES string of the molecule is C/C=C\c1ccccc1OCCCC[N+]1=CN(c2c(C)cc(C)cc2C)CC1. The van der Waals surface area contributed by atoms with E-state index >= 15 is 0 Å². The van der Waals surface area contributed by atoms with Crippen molar-refractivity contribution in [1.29, 1.82) is 0 Å². The summed E-state index contributed by atoms with van der Waals surface area (Å²) in [6, 6.07) is 12.8. The van der Waals surface area contributed by atoms with Gasteiger partial charge in [0.25, 0.3) is 0 Å². The lowest BCUT2D eigenvalue weighted by molar-refractivity contribution is -0.514. The van der Waals surface area contributed by atoms with Crippen LogP contribution in [0.25, 0.3) is 6.08 Å². The number of benzene rings is 2.